The number of hydrogen-bond acceptors (Lipinski definition) is 4. The van der Waals surface area contributed by atoms with Crippen LogP contribution < -0.4 is 10.2 Å². The zero-order valence-electron chi connectivity index (χ0n) is 10.9. The molecule has 0 spiro atoms. The molecule has 1 rings (SSSR count). The number of aromatic nitrogens is 1. The number of rotatable bonds is 4. The number of carbonyl (C=O) groups excluding carboxylic acids is 1. The van der Waals surface area contributed by atoms with Gasteiger partial charge < -0.3 is 15.3 Å². The molecule has 2 N–H and O–H groups in total. The number of carbonyl (C=O) groups is 2. The molecule has 0 unspecified atom stereocenters. The lowest BCUT2D eigenvalue weighted by Crippen LogP contribution is -2.49. The summed E-state index contributed by atoms with van der Waals surface area (Å²) in [5.74, 6) is -0.888. The van der Waals surface area contributed by atoms with E-state index in [-0.39, 0.29) is 0 Å². The van der Waals surface area contributed by atoms with Crippen molar-refractivity contribution in [3.8, 4) is 0 Å². The number of pyridine rings is 1. The SMILES string of the molecule is CN(C)c1cc(C(=O)NC(C)(C)C(=O)O)ccn1. The van der Waals surface area contributed by atoms with E-state index in [4.69, 9.17) is 5.11 Å². The number of carboxylic acid groups (broad SMARTS) is 1. The zero-order chi connectivity index (χ0) is 13.9. The van der Waals surface area contributed by atoms with E-state index >= 15 is 0 Å². The number of aliphatic carboxylic acids is 1. The third-order valence-electron chi connectivity index (χ3n) is 2.43. The summed E-state index contributed by atoms with van der Waals surface area (Å²) in [6.45, 7) is 2.86. The molecule has 6 heteroatoms. The highest BCUT2D eigenvalue weighted by atomic mass is 16.4. The maximum Gasteiger partial charge on any atom is 0.328 e. The van der Waals surface area contributed by atoms with Crippen molar-refractivity contribution < 1.29 is 14.7 Å². The van der Waals surface area contributed by atoms with Crippen LogP contribution in [0.3, 0.4) is 0 Å². The lowest BCUT2D eigenvalue weighted by molar-refractivity contribution is -0.143. The number of amides is 1. The summed E-state index contributed by atoms with van der Waals surface area (Å²) >= 11 is 0. The fourth-order valence-corrected chi connectivity index (χ4v) is 1.21. The summed E-state index contributed by atoms with van der Waals surface area (Å²) < 4.78 is 0. The van der Waals surface area contributed by atoms with Crippen molar-refractivity contribution in [3.05, 3.63) is 23.9 Å². The summed E-state index contributed by atoms with van der Waals surface area (Å²) in [5.41, 5.74) is -0.929. The van der Waals surface area contributed by atoms with E-state index in [9.17, 15) is 9.59 Å². The van der Waals surface area contributed by atoms with E-state index in [0.29, 0.717) is 11.4 Å². The van der Waals surface area contributed by atoms with Gasteiger partial charge in [0.25, 0.3) is 5.91 Å². The van der Waals surface area contributed by atoms with E-state index in [0.717, 1.165) is 0 Å². The number of nitrogens with one attached hydrogen (secondary N) is 1. The predicted octanol–water partition coefficient (Wildman–Crippen LogP) is 0.741. The topological polar surface area (TPSA) is 82.5 Å². The summed E-state index contributed by atoms with van der Waals surface area (Å²) in [6.07, 6.45) is 1.51. The van der Waals surface area contributed by atoms with Crippen LogP contribution in [-0.4, -0.2) is 41.6 Å². The van der Waals surface area contributed by atoms with Gasteiger partial charge in [0, 0.05) is 25.9 Å². The van der Waals surface area contributed by atoms with Gasteiger partial charge in [-0.15, -0.1) is 0 Å². The number of anilines is 1. The van der Waals surface area contributed by atoms with Gasteiger partial charge in [-0.3, -0.25) is 4.79 Å². The minimum atomic E-state index is -1.31. The Balaban J connectivity index is 2.91. The van der Waals surface area contributed by atoms with Crippen molar-refractivity contribution in [2.75, 3.05) is 19.0 Å². The largest absolute Gasteiger partial charge is 0.480 e. The molecule has 0 aliphatic carbocycles. The summed E-state index contributed by atoms with van der Waals surface area (Å²) in [5, 5.41) is 11.4. The van der Waals surface area contributed by atoms with Crippen LogP contribution in [-0.2, 0) is 4.79 Å². The van der Waals surface area contributed by atoms with Crippen molar-refractivity contribution >= 4 is 17.7 Å². The van der Waals surface area contributed by atoms with Crippen LogP contribution >= 0.6 is 0 Å². The molecule has 1 amide bonds. The van der Waals surface area contributed by atoms with E-state index < -0.39 is 17.4 Å². The first-order valence-corrected chi connectivity index (χ1v) is 5.43. The Morgan fingerprint density at radius 3 is 2.50 bits per heavy atom. The molecule has 0 bridgehead atoms. The first kappa shape index (κ1) is 14.0. The predicted molar refractivity (Wildman–Crippen MR) is 67.7 cm³/mol. The van der Waals surface area contributed by atoms with E-state index in [1.807, 2.05) is 14.1 Å². The third kappa shape index (κ3) is 3.19. The molecule has 0 radical (unpaired) electrons. The minimum absolute atomic E-state index is 0.378. The lowest BCUT2D eigenvalue weighted by atomic mass is 10.1. The van der Waals surface area contributed by atoms with Gasteiger partial charge in [-0.1, -0.05) is 0 Å². The van der Waals surface area contributed by atoms with Crippen molar-refractivity contribution in [1.29, 1.82) is 0 Å². The molecule has 1 aromatic rings. The average Bonchev–Trinajstić information content (AvgIpc) is 2.28. The van der Waals surface area contributed by atoms with Gasteiger partial charge in [0.2, 0.25) is 0 Å². The van der Waals surface area contributed by atoms with Crippen molar-refractivity contribution in [2.24, 2.45) is 0 Å². The first-order valence-electron chi connectivity index (χ1n) is 5.43. The van der Waals surface area contributed by atoms with Crippen LogP contribution in [0, 0.1) is 0 Å². The molecule has 0 fully saturated rings. The van der Waals surface area contributed by atoms with E-state index in [2.05, 4.69) is 10.3 Å². The summed E-state index contributed by atoms with van der Waals surface area (Å²) in [7, 11) is 3.62. The third-order valence-corrected chi connectivity index (χ3v) is 2.43. The lowest BCUT2D eigenvalue weighted by Gasteiger charge is -2.21. The maximum absolute atomic E-state index is 11.9. The fraction of sp³-hybridized carbons (Fsp3) is 0.417. The van der Waals surface area contributed by atoms with Gasteiger partial charge >= 0.3 is 5.97 Å². The van der Waals surface area contributed by atoms with E-state index in [1.54, 1.807) is 17.0 Å². The molecule has 1 aromatic heterocycles. The highest BCUT2D eigenvalue weighted by Crippen LogP contribution is 2.11. The molecule has 1 heterocycles. The quantitative estimate of drug-likeness (QED) is 0.824. The number of hydrogen-bond donors (Lipinski definition) is 2. The molecule has 0 atom stereocenters. The molecule has 0 aliphatic heterocycles. The molecule has 0 aliphatic rings. The molecule has 18 heavy (non-hydrogen) atoms. The standard InChI is InChI=1S/C12H17N3O3/c1-12(2,11(17)18)14-10(16)8-5-6-13-9(7-8)15(3)4/h5-7H,1-4H3,(H,14,16)(H,17,18). The Morgan fingerprint density at radius 2 is 2.00 bits per heavy atom. The van der Waals surface area contributed by atoms with E-state index in [1.165, 1.54) is 20.0 Å². The van der Waals surface area contributed by atoms with Crippen molar-refractivity contribution in [1.82, 2.24) is 10.3 Å². The Hall–Kier alpha value is -2.11. The van der Waals surface area contributed by atoms with Crippen LogP contribution in [0.1, 0.15) is 24.2 Å². The van der Waals surface area contributed by atoms with Crippen LogP contribution in [0.15, 0.2) is 18.3 Å². The molecule has 0 saturated carbocycles. The monoisotopic (exact) mass is 251 g/mol. The second kappa shape index (κ2) is 5.03. The van der Waals surface area contributed by atoms with Gasteiger partial charge in [0.15, 0.2) is 0 Å². The fourth-order valence-electron chi connectivity index (χ4n) is 1.21. The van der Waals surface area contributed by atoms with Crippen LogP contribution in [0.4, 0.5) is 5.82 Å². The van der Waals surface area contributed by atoms with Gasteiger partial charge in [-0.25, -0.2) is 9.78 Å². The van der Waals surface area contributed by atoms with Gasteiger partial charge in [-0.05, 0) is 26.0 Å². The molecular formula is C12H17N3O3. The first-order chi connectivity index (χ1) is 8.24. The zero-order valence-corrected chi connectivity index (χ0v) is 10.9. The van der Waals surface area contributed by atoms with Crippen LogP contribution in [0.2, 0.25) is 0 Å². The maximum atomic E-state index is 11.9. The van der Waals surface area contributed by atoms with Crippen molar-refractivity contribution in [3.63, 3.8) is 0 Å². The van der Waals surface area contributed by atoms with Crippen LogP contribution in [0.25, 0.3) is 0 Å². The molecule has 98 valence electrons. The second-order valence-electron chi connectivity index (χ2n) is 4.68. The highest BCUT2D eigenvalue weighted by Gasteiger charge is 2.29. The van der Waals surface area contributed by atoms with Crippen molar-refractivity contribution in [2.45, 2.75) is 19.4 Å². The normalized spacial score (nSPS) is 10.9. The molecule has 6 nitrogen and oxygen atoms in total. The number of carboxylic acids is 1. The minimum Gasteiger partial charge on any atom is -0.480 e. The smallest absolute Gasteiger partial charge is 0.328 e. The van der Waals surface area contributed by atoms with Gasteiger partial charge in [0.1, 0.15) is 11.4 Å². The molecule has 0 saturated heterocycles. The number of nitrogens with zero attached hydrogens (tertiary/aromatic N) is 2. The Bertz CT molecular complexity index is 469. The Labute approximate surface area is 106 Å². The Kier molecular flexibility index (Phi) is 3.90. The Morgan fingerprint density at radius 1 is 1.39 bits per heavy atom. The van der Waals surface area contributed by atoms with Gasteiger partial charge in [-0.2, -0.15) is 0 Å². The highest BCUT2D eigenvalue weighted by molar-refractivity contribution is 5.98. The molecular weight excluding hydrogens is 234 g/mol. The summed E-state index contributed by atoms with van der Waals surface area (Å²) in [6, 6.07) is 3.15. The second-order valence-corrected chi connectivity index (χ2v) is 4.68. The van der Waals surface area contributed by atoms with Crippen LogP contribution in [0.5, 0.6) is 0 Å². The summed E-state index contributed by atoms with van der Waals surface area (Å²) in [4.78, 5) is 28.7. The molecule has 0 aromatic carbocycles. The average molecular weight is 251 g/mol. The van der Waals surface area contributed by atoms with Gasteiger partial charge in [0.05, 0.1) is 0 Å².